The molecule has 0 aliphatic heterocycles. The van der Waals surface area contributed by atoms with Gasteiger partial charge in [-0.05, 0) is 50.2 Å². The fourth-order valence-electron chi connectivity index (χ4n) is 2.20. The Balaban J connectivity index is 2.45. The lowest BCUT2D eigenvalue weighted by molar-refractivity contribution is 0.0525. The molecule has 144 valence electrons. The highest BCUT2D eigenvalue weighted by atomic mass is 79.9. The van der Waals surface area contributed by atoms with E-state index in [1.54, 1.807) is 26.0 Å². The van der Waals surface area contributed by atoms with Crippen LogP contribution >= 0.6 is 15.9 Å². The minimum absolute atomic E-state index is 0.0242. The third-order valence-corrected chi connectivity index (χ3v) is 5.19. The van der Waals surface area contributed by atoms with Gasteiger partial charge in [0.25, 0.3) is 10.0 Å². The highest BCUT2D eigenvalue weighted by Gasteiger charge is 2.19. The first-order valence-electron chi connectivity index (χ1n) is 8.04. The van der Waals surface area contributed by atoms with E-state index < -0.39 is 22.0 Å². The smallest absolute Gasteiger partial charge is 0.338 e. The highest BCUT2D eigenvalue weighted by Crippen LogP contribution is 2.22. The Labute approximate surface area is 165 Å². The van der Waals surface area contributed by atoms with E-state index in [2.05, 4.69) is 20.7 Å². The van der Waals surface area contributed by atoms with Crippen LogP contribution in [0.5, 0.6) is 0 Å². The summed E-state index contributed by atoms with van der Waals surface area (Å²) in [4.78, 5) is 24.1. The van der Waals surface area contributed by atoms with Gasteiger partial charge in [-0.2, -0.15) is 0 Å². The lowest BCUT2D eigenvalue weighted by atomic mass is 10.1. The van der Waals surface area contributed by atoms with E-state index in [0.29, 0.717) is 4.47 Å². The molecule has 2 aromatic rings. The molecular formula is C18H18BrNO6S. The van der Waals surface area contributed by atoms with Crippen molar-refractivity contribution >= 4 is 43.6 Å². The van der Waals surface area contributed by atoms with E-state index in [0.717, 1.165) is 0 Å². The van der Waals surface area contributed by atoms with Gasteiger partial charge in [-0.25, -0.2) is 18.0 Å². The third-order valence-electron chi connectivity index (χ3n) is 3.31. The van der Waals surface area contributed by atoms with Gasteiger partial charge in [0.15, 0.2) is 0 Å². The van der Waals surface area contributed by atoms with Crippen molar-refractivity contribution < 1.29 is 27.5 Å². The number of sulfonamides is 1. The van der Waals surface area contributed by atoms with Gasteiger partial charge in [0.05, 0.1) is 34.9 Å². The summed E-state index contributed by atoms with van der Waals surface area (Å²) in [6.45, 7) is 3.57. The fraction of sp³-hybridized carbons (Fsp3) is 0.222. The second-order valence-electron chi connectivity index (χ2n) is 5.30. The van der Waals surface area contributed by atoms with Gasteiger partial charge >= 0.3 is 11.9 Å². The van der Waals surface area contributed by atoms with Gasteiger partial charge in [-0.3, -0.25) is 4.72 Å². The summed E-state index contributed by atoms with van der Waals surface area (Å²) in [5.74, 6) is -1.35. The Hall–Kier alpha value is -2.39. The normalized spacial score (nSPS) is 10.9. The van der Waals surface area contributed by atoms with Crippen LogP contribution in [0.2, 0.25) is 0 Å². The van der Waals surface area contributed by atoms with E-state index in [1.165, 1.54) is 30.3 Å². The van der Waals surface area contributed by atoms with Crippen LogP contribution in [0.25, 0.3) is 0 Å². The zero-order valence-corrected chi connectivity index (χ0v) is 17.1. The largest absolute Gasteiger partial charge is 0.462 e. The molecule has 0 aromatic heterocycles. The Bertz CT molecular complexity index is 922. The van der Waals surface area contributed by atoms with E-state index in [-0.39, 0.29) is 34.9 Å². The maximum absolute atomic E-state index is 12.6. The van der Waals surface area contributed by atoms with Crippen molar-refractivity contribution in [3.8, 4) is 0 Å². The molecule has 0 aliphatic rings. The van der Waals surface area contributed by atoms with Crippen molar-refractivity contribution in [3.63, 3.8) is 0 Å². The van der Waals surface area contributed by atoms with E-state index in [4.69, 9.17) is 9.47 Å². The monoisotopic (exact) mass is 455 g/mol. The number of carbonyl (C=O) groups excluding carboxylic acids is 2. The average Bonchev–Trinajstić information content (AvgIpc) is 2.61. The number of ether oxygens (including phenoxy) is 2. The van der Waals surface area contributed by atoms with Gasteiger partial charge in [-0.15, -0.1) is 0 Å². The zero-order valence-electron chi connectivity index (χ0n) is 14.7. The second-order valence-corrected chi connectivity index (χ2v) is 7.90. The molecule has 0 amide bonds. The molecular weight excluding hydrogens is 438 g/mol. The fourth-order valence-corrected chi connectivity index (χ4v) is 3.84. The van der Waals surface area contributed by atoms with Gasteiger partial charge in [0, 0.05) is 4.47 Å². The zero-order chi connectivity index (χ0) is 20.0. The van der Waals surface area contributed by atoms with Crippen LogP contribution in [0.1, 0.15) is 34.6 Å². The van der Waals surface area contributed by atoms with Crippen LogP contribution in [-0.4, -0.2) is 33.6 Å². The Morgan fingerprint density at radius 1 is 0.963 bits per heavy atom. The third kappa shape index (κ3) is 5.54. The standard InChI is InChI=1S/C18H18BrNO6S/c1-3-25-17(21)12-8-13(18(22)26-4-2)10-15(9-12)20-27(23,24)16-7-5-6-14(19)11-16/h5-11,20H,3-4H2,1-2H3. The van der Waals surface area contributed by atoms with E-state index >= 15 is 0 Å². The number of esters is 2. The first-order valence-corrected chi connectivity index (χ1v) is 10.3. The maximum atomic E-state index is 12.6. The summed E-state index contributed by atoms with van der Waals surface area (Å²) in [7, 11) is -3.93. The molecule has 0 spiro atoms. The lowest BCUT2D eigenvalue weighted by Gasteiger charge is -2.12. The molecule has 2 rings (SSSR count). The number of nitrogens with one attached hydrogen (secondary N) is 1. The number of anilines is 1. The molecule has 0 saturated heterocycles. The molecule has 0 radical (unpaired) electrons. The Morgan fingerprint density at radius 3 is 2.00 bits per heavy atom. The van der Waals surface area contributed by atoms with Crippen molar-refractivity contribution in [3.05, 3.63) is 58.1 Å². The number of hydrogen-bond acceptors (Lipinski definition) is 6. The van der Waals surface area contributed by atoms with Crippen LogP contribution in [0, 0.1) is 0 Å². The number of carbonyl (C=O) groups is 2. The summed E-state index contributed by atoms with van der Waals surface area (Å²) in [6.07, 6.45) is 0. The first-order chi connectivity index (χ1) is 12.8. The highest BCUT2D eigenvalue weighted by molar-refractivity contribution is 9.10. The van der Waals surface area contributed by atoms with Crippen LogP contribution in [0.4, 0.5) is 5.69 Å². The lowest BCUT2D eigenvalue weighted by Crippen LogP contribution is -2.15. The first kappa shape index (κ1) is 20.9. The van der Waals surface area contributed by atoms with Gasteiger partial charge in [0.1, 0.15) is 0 Å². The maximum Gasteiger partial charge on any atom is 0.338 e. The van der Waals surface area contributed by atoms with E-state index in [9.17, 15) is 18.0 Å². The van der Waals surface area contributed by atoms with Gasteiger partial charge in [0.2, 0.25) is 0 Å². The van der Waals surface area contributed by atoms with Crippen molar-refractivity contribution in [2.45, 2.75) is 18.7 Å². The predicted octanol–water partition coefficient (Wildman–Crippen LogP) is 3.60. The molecule has 9 heteroatoms. The Kier molecular flexibility index (Phi) is 6.98. The van der Waals surface area contributed by atoms with Crippen molar-refractivity contribution in [1.29, 1.82) is 0 Å². The van der Waals surface area contributed by atoms with Crippen molar-refractivity contribution in [1.82, 2.24) is 0 Å². The molecule has 0 atom stereocenters. The molecule has 1 N–H and O–H groups in total. The summed E-state index contributed by atoms with van der Waals surface area (Å²) in [6, 6.07) is 10.0. The van der Waals surface area contributed by atoms with Gasteiger partial charge in [-0.1, -0.05) is 22.0 Å². The minimum atomic E-state index is -3.93. The average molecular weight is 456 g/mol. The Morgan fingerprint density at radius 2 is 1.52 bits per heavy atom. The molecule has 0 unspecified atom stereocenters. The predicted molar refractivity (Wildman–Crippen MR) is 103 cm³/mol. The number of rotatable bonds is 7. The molecule has 2 aromatic carbocycles. The number of halogens is 1. The van der Waals surface area contributed by atoms with Crippen LogP contribution in [0.3, 0.4) is 0 Å². The molecule has 7 nitrogen and oxygen atoms in total. The minimum Gasteiger partial charge on any atom is -0.462 e. The molecule has 0 fully saturated rings. The molecule has 0 saturated carbocycles. The second kappa shape index (κ2) is 9.01. The summed E-state index contributed by atoms with van der Waals surface area (Å²) < 4.78 is 38.0. The summed E-state index contributed by atoms with van der Waals surface area (Å²) >= 11 is 3.22. The quantitative estimate of drug-likeness (QED) is 0.640. The van der Waals surface area contributed by atoms with Crippen LogP contribution < -0.4 is 4.72 Å². The van der Waals surface area contributed by atoms with Crippen LogP contribution in [-0.2, 0) is 19.5 Å². The molecule has 0 bridgehead atoms. The molecule has 27 heavy (non-hydrogen) atoms. The summed E-state index contributed by atoms with van der Waals surface area (Å²) in [5.41, 5.74) is 0.118. The van der Waals surface area contributed by atoms with Crippen molar-refractivity contribution in [2.75, 3.05) is 17.9 Å². The molecule has 0 aliphatic carbocycles. The summed E-state index contributed by atoms with van der Waals surface area (Å²) in [5, 5.41) is 0. The van der Waals surface area contributed by atoms with Crippen molar-refractivity contribution in [2.24, 2.45) is 0 Å². The molecule has 0 heterocycles. The van der Waals surface area contributed by atoms with Crippen LogP contribution in [0.15, 0.2) is 51.8 Å². The van der Waals surface area contributed by atoms with E-state index in [1.807, 2.05) is 0 Å². The van der Waals surface area contributed by atoms with Gasteiger partial charge < -0.3 is 9.47 Å². The number of hydrogen-bond donors (Lipinski definition) is 1. The SMILES string of the molecule is CCOC(=O)c1cc(NS(=O)(=O)c2cccc(Br)c2)cc(C(=O)OCC)c1. The topological polar surface area (TPSA) is 98.8 Å². The number of benzene rings is 2.